The molecule has 0 unspecified atom stereocenters. The van der Waals surface area contributed by atoms with Gasteiger partial charge in [-0.2, -0.15) is 0 Å². The SMILES string of the molecule is CCOc1c(/C(C)=C/C(=O)Nc2ccc(C(=O)OC)cc2)cc2c(-c3ccc(C)cc3)coc2c1C. The highest BCUT2D eigenvalue weighted by molar-refractivity contribution is 6.06. The average Bonchev–Trinajstić information content (AvgIpc) is 3.30. The highest BCUT2D eigenvalue weighted by Gasteiger charge is 2.19. The fraction of sp³-hybridized carbons (Fsp3) is 0.200. The number of anilines is 1. The summed E-state index contributed by atoms with van der Waals surface area (Å²) in [5.74, 6) is -0.0228. The van der Waals surface area contributed by atoms with Gasteiger partial charge in [-0.25, -0.2) is 4.79 Å². The first-order chi connectivity index (χ1) is 17.3. The lowest BCUT2D eigenvalue weighted by molar-refractivity contribution is -0.111. The Balaban J connectivity index is 1.70. The van der Waals surface area contributed by atoms with E-state index in [4.69, 9.17) is 13.9 Å². The van der Waals surface area contributed by atoms with Crippen LogP contribution in [0.3, 0.4) is 0 Å². The molecule has 4 aromatic rings. The number of carbonyl (C=O) groups excluding carboxylic acids is 2. The Bertz CT molecular complexity index is 1440. The van der Waals surface area contributed by atoms with E-state index in [-0.39, 0.29) is 5.91 Å². The summed E-state index contributed by atoms with van der Waals surface area (Å²) in [4.78, 5) is 24.4. The molecule has 0 saturated heterocycles. The predicted octanol–water partition coefficient (Wildman–Crippen LogP) is 6.94. The van der Waals surface area contributed by atoms with Crippen molar-refractivity contribution >= 4 is 34.1 Å². The van der Waals surface area contributed by atoms with Crippen molar-refractivity contribution in [2.24, 2.45) is 0 Å². The molecule has 0 aliphatic heterocycles. The third kappa shape index (κ3) is 5.03. The van der Waals surface area contributed by atoms with E-state index >= 15 is 0 Å². The summed E-state index contributed by atoms with van der Waals surface area (Å²) in [5.41, 5.74) is 7.45. The molecule has 0 saturated carbocycles. The lowest BCUT2D eigenvalue weighted by Crippen LogP contribution is -2.09. The van der Waals surface area contributed by atoms with Gasteiger partial charge in [0.05, 0.1) is 25.5 Å². The van der Waals surface area contributed by atoms with Crippen LogP contribution in [0.25, 0.3) is 27.7 Å². The van der Waals surface area contributed by atoms with E-state index in [1.54, 1.807) is 36.6 Å². The summed E-state index contributed by atoms with van der Waals surface area (Å²) >= 11 is 0. The summed E-state index contributed by atoms with van der Waals surface area (Å²) in [6.45, 7) is 8.32. The minimum atomic E-state index is -0.429. The second-order valence-electron chi connectivity index (χ2n) is 8.59. The molecule has 184 valence electrons. The number of aryl methyl sites for hydroxylation is 2. The Labute approximate surface area is 210 Å². The molecule has 0 radical (unpaired) electrons. The van der Waals surface area contributed by atoms with Gasteiger partial charge < -0.3 is 19.2 Å². The lowest BCUT2D eigenvalue weighted by atomic mass is 9.96. The molecule has 0 bridgehead atoms. The maximum atomic E-state index is 12.8. The fourth-order valence-corrected chi connectivity index (χ4v) is 4.16. The quantitative estimate of drug-likeness (QED) is 0.227. The van der Waals surface area contributed by atoms with Crippen LogP contribution in [0.5, 0.6) is 5.75 Å². The van der Waals surface area contributed by atoms with Crippen LogP contribution in [0, 0.1) is 13.8 Å². The van der Waals surface area contributed by atoms with Gasteiger partial charge in [0, 0.05) is 33.8 Å². The van der Waals surface area contributed by atoms with Gasteiger partial charge in [-0.15, -0.1) is 0 Å². The summed E-state index contributed by atoms with van der Waals surface area (Å²) in [7, 11) is 1.33. The molecule has 0 aliphatic rings. The van der Waals surface area contributed by atoms with E-state index in [1.165, 1.54) is 12.7 Å². The summed E-state index contributed by atoms with van der Waals surface area (Å²) in [5, 5.41) is 3.80. The number of hydrogen-bond donors (Lipinski definition) is 1. The molecule has 0 spiro atoms. The Morgan fingerprint density at radius 3 is 2.36 bits per heavy atom. The van der Waals surface area contributed by atoms with Gasteiger partial charge in [-0.1, -0.05) is 29.8 Å². The molecule has 1 amide bonds. The van der Waals surface area contributed by atoms with Crippen molar-refractivity contribution in [2.45, 2.75) is 27.7 Å². The van der Waals surface area contributed by atoms with E-state index < -0.39 is 5.97 Å². The summed E-state index contributed by atoms with van der Waals surface area (Å²) in [6.07, 6.45) is 3.31. The minimum Gasteiger partial charge on any atom is -0.493 e. The van der Waals surface area contributed by atoms with E-state index in [0.717, 1.165) is 38.8 Å². The van der Waals surface area contributed by atoms with E-state index in [0.29, 0.717) is 23.6 Å². The molecule has 0 atom stereocenters. The number of methoxy groups -OCH3 is 1. The summed E-state index contributed by atoms with van der Waals surface area (Å²) < 4.78 is 16.7. The van der Waals surface area contributed by atoms with Crippen LogP contribution < -0.4 is 10.1 Å². The van der Waals surface area contributed by atoms with Crippen LogP contribution in [0.2, 0.25) is 0 Å². The van der Waals surface area contributed by atoms with Gasteiger partial charge in [0.15, 0.2) is 0 Å². The Kier molecular flexibility index (Phi) is 7.25. The zero-order chi connectivity index (χ0) is 25.8. The first-order valence-electron chi connectivity index (χ1n) is 11.7. The van der Waals surface area contributed by atoms with Gasteiger partial charge in [0.1, 0.15) is 11.3 Å². The fourth-order valence-electron chi connectivity index (χ4n) is 4.16. The number of carbonyl (C=O) groups is 2. The van der Waals surface area contributed by atoms with Crippen LogP contribution in [0.4, 0.5) is 5.69 Å². The Hall–Kier alpha value is -4.32. The molecule has 6 heteroatoms. The number of rotatable bonds is 7. The van der Waals surface area contributed by atoms with Crippen LogP contribution in [0.15, 0.2) is 71.4 Å². The molecule has 3 aromatic carbocycles. The van der Waals surface area contributed by atoms with Crippen molar-refractivity contribution in [3.63, 3.8) is 0 Å². The van der Waals surface area contributed by atoms with E-state index in [2.05, 4.69) is 36.5 Å². The molecule has 6 nitrogen and oxygen atoms in total. The highest BCUT2D eigenvalue weighted by Crippen LogP contribution is 2.40. The Morgan fingerprint density at radius 2 is 1.72 bits per heavy atom. The standard InChI is InChI=1S/C30H29NO5/c1-6-35-28-20(4)29-25(26(17-36-29)21-9-7-18(2)8-10-21)16-24(28)19(3)15-27(32)31-23-13-11-22(12-14-23)30(33)34-5/h7-17H,6H2,1-5H3,(H,31,32)/b19-15+. The third-order valence-corrected chi connectivity index (χ3v) is 6.04. The van der Waals surface area contributed by atoms with Crippen LogP contribution in [0.1, 0.15) is 40.9 Å². The third-order valence-electron chi connectivity index (χ3n) is 6.04. The van der Waals surface area contributed by atoms with Crippen molar-refractivity contribution in [1.82, 2.24) is 0 Å². The minimum absolute atomic E-state index is 0.288. The summed E-state index contributed by atoms with van der Waals surface area (Å²) in [6, 6.07) is 16.9. The molecule has 1 aromatic heterocycles. The molecule has 0 fully saturated rings. The molecule has 1 N–H and O–H groups in total. The first-order valence-corrected chi connectivity index (χ1v) is 11.7. The first kappa shape index (κ1) is 24.8. The largest absolute Gasteiger partial charge is 0.493 e. The zero-order valence-corrected chi connectivity index (χ0v) is 21.1. The molecular weight excluding hydrogens is 454 g/mol. The average molecular weight is 484 g/mol. The van der Waals surface area contributed by atoms with E-state index in [1.807, 2.05) is 26.8 Å². The van der Waals surface area contributed by atoms with Gasteiger partial charge in [-0.3, -0.25) is 4.79 Å². The normalized spacial score (nSPS) is 11.4. The van der Waals surface area contributed by atoms with Gasteiger partial charge in [-0.05, 0) is 69.2 Å². The maximum absolute atomic E-state index is 12.8. The number of fused-ring (bicyclic) bond motifs is 1. The highest BCUT2D eigenvalue weighted by atomic mass is 16.5. The van der Waals surface area contributed by atoms with E-state index in [9.17, 15) is 9.59 Å². The number of benzene rings is 3. The van der Waals surface area contributed by atoms with Crippen molar-refractivity contribution in [3.05, 3.63) is 89.2 Å². The number of furan rings is 1. The van der Waals surface area contributed by atoms with Crippen LogP contribution in [-0.4, -0.2) is 25.6 Å². The molecule has 1 heterocycles. The predicted molar refractivity (Wildman–Crippen MR) is 142 cm³/mol. The van der Waals surface area contributed by atoms with Gasteiger partial charge in [0.2, 0.25) is 5.91 Å². The number of amides is 1. The second-order valence-corrected chi connectivity index (χ2v) is 8.59. The number of hydrogen-bond acceptors (Lipinski definition) is 5. The smallest absolute Gasteiger partial charge is 0.337 e. The molecular formula is C30H29NO5. The molecule has 36 heavy (non-hydrogen) atoms. The maximum Gasteiger partial charge on any atom is 0.337 e. The Morgan fingerprint density at radius 1 is 1.03 bits per heavy atom. The van der Waals surface area contributed by atoms with Crippen molar-refractivity contribution in [2.75, 3.05) is 19.0 Å². The van der Waals surface area contributed by atoms with Crippen LogP contribution >= 0.6 is 0 Å². The van der Waals surface area contributed by atoms with Gasteiger partial charge >= 0.3 is 5.97 Å². The lowest BCUT2D eigenvalue weighted by Gasteiger charge is -2.15. The zero-order valence-electron chi connectivity index (χ0n) is 21.1. The van der Waals surface area contributed by atoms with Crippen molar-refractivity contribution in [1.29, 1.82) is 0 Å². The van der Waals surface area contributed by atoms with Crippen LogP contribution in [-0.2, 0) is 9.53 Å². The number of nitrogens with one attached hydrogen (secondary N) is 1. The second kappa shape index (κ2) is 10.5. The molecule has 0 aliphatic carbocycles. The molecule has 4 rings (SSSR count). The van der Waals surface area contributed by atoms with Crippen molar-refractivity contribution < 1.29 is 23.5 Å². The number of esters is 1. The van der Waals surface area contributed by atoms with Gasteiger partial charge in [0.25, 0.3) is 0 Å². The number of ether oxygens (including phenoxy) is 2. The topological polar surface area (TPSA) is 77.8 Å². The number of allylic oxidation sites excluding steroid dienone is 1. The monoisotopic (exact) mass is 483 g/mol. The van der Waals surface area contributed by atoms with Crippen molar-refractivity contribution in [3.8, 4) is 16.9 Å².